The molecule has 1 amide bonds. The lowest BCUT2D eigenvalue weighted by Crippen LogP contribution is -2.31. The van der Waals surface area contributed by atoms with Crippen LogP contribution in [0.5, 0.6) is 0 Å². The van der Waals surface area contributed by atoms with Crippen molar-refractivity contribution in [1.29, 1.82) is 0 Å². The van der Waals surface area contributed by atoms with Gasteiger partial charge in [0.15, 0.2) is 0 Å². The molecule has 1 saturated heterocycles. The molecule has 0 spiro atoms. The predicted octanol–water partition coefficient (Wildman–Crippen LogP) is 4.98. The van der Waals surface area contributed by atoms with Gasteiger partial charge >= 0.3 is 0 Å². The molecule has 2 aromatic rings. The molecule has 2 nitrogen and oxygen atoms in total. The van der Waals surface area contributed by atoms with Gasteiger partial charge in [-0.15, -0.1) is 11.3 Å². The van der Waals surface area contributed by atoms with Crippen LogP contribution in [-0.4, -0.2) is 17.4 Å². The molecule has 2 fully saturated rings. The lowest BCUT2D eigenvalue weighted by atomic mass is 10.1. The van der Waals surface area contributed by atoms with E-state index in [1.54, 1.807) is 11.3 Å². The molecule has 2 aliphatic rings. The van der Waals surface area contributed by atoms with Crippen LogP contribution >= 0.6 is 27.3 Å². The number of likely N-dealkylation sites (tertiary alicyclic amines) is 1. The second-order valence-electron chi connectivity index (χ2n) is 6.18. The van der Waals surface area contributed by atoms with Gasteiger partial charge in [-0.1, -0.05) is 40.2 Å². The Morgan fingerprint density at radius 1 is 1.23 bits per heavy atom. The number of carbonyl (C=O) groups excluding carboxylic acids is 1. The average molecular weight is 376 g/mol. The quantitative estimate of drug-likeness (QED) is 0.740. The molecule has 0 radical (unpaired) electrons. The van der Waals surface area contributed by atoms with Gasteiger partial charge in [0.25, 0.3) is 0 Å². The monoisotopic (exact) mass is 375 g/mol. The van der Waals surface area contributed by atoms with Gasteiger partial charge in [0.2, 0.25) is 5.91 Å². The first kappa shape index (κ1) is 14.5. The van der Waals surface area contributed by atoms with E-state index in [2.05, 4.69) is 56.5 Å². The second-order valence-corrected chi connectivity index (χ2v) is 8.01. The molecule has 1 aromatic heterocycles. The van der Waals surface area contributed by atoms with Crippen molar-refractivity contribution >= 4 is 33.2 Å². The minimum atomic E-state index is 0.180. The predicted molar refractivity (Wildman–Crippen MR) is 93.0 cm³/mol. The van der Waals surface area contributed by atoms with E-state index in [0.717, 1.165) is 30.3 Å². The molecule has 4 heteroatoms. The maximum absolute atomic E-state index is 12.9. The number of amides is 1. The van der Waals surface area contributed by atoms with E-state index in [1.807, 2.05) is 6.07 Å². The molecule has 2 heterocycles. The molecule has 22 heavy (non-hydrogen) atoms. The number of carbonyl (C=O) groups is 1. The van der Waals surface area contributed by atoms with Gasteiger partial charge in [-0.2, -0.15) is 0 Å². The Hall–Kier alpha value is -1.13. The van der Waals surface area contributed by atoms with E-state index in [1.165, 1.54) is 10.4 Å². The zero-order chi connectivity index (χ0) is 15.1. The molecule has 114 valence electrons. The average Bonchev–Trinajstić information content (AvgIpc) is 2.93. The molecule has 1 aliphatic carbocycles. The minimum Gasteiger partial charge on any atom is -0.335 e. The van der Waals surface area contributed by atoms with Gasteiger partial charge in [-0.25, -0.2) is 0 Å². The second kappa shape index (κ2) is 5.82. The zero-order valence-corrected chi connectivity index (χ0v) is 14.6. The van der Waals surface area contributed by atoms with Crippen molar-refractivity contribution < 1.29 is 4.79 Å². The molecular weight excluding hydrogens is 358 g/mol. The fourth-order valence-corrected chi connectivity index (χ4v) is 5.06. The fourth-order valence-electron chi connectivity index (χ4n) is 3.61. The molecule has 1 aliphatic heterocycles. The van der Waals surface area contributed by atoms with Crippen LogP contribution in [-0.2, 0) is 4.79 Å². The molecular formula is C18H18BrNOS. The van der Waals surface area contributed by atoms with Crippen LogP contribution in [0.1, 0.15) is 41.7 Å². The first-order chi connectivity index (χ1) is 10.8. The highest BCUT2D eigenvalue weighted by atomic mass is 79.9. The topological polar surface area (TPSA) is 20.3 Å². The standard InChI is InChI=1S/C18H18BrNOS/c19-15-6-2-1-5-12(15)13-11-14(13)18(21)20-9-3-7-16(20)17-8-4-10-22-17/h1-2,4-6,8,10,13-14,16H,3,7,9,11H2/t13-,14-,16-/m1/s1. The van der Waals surface area contributed by atoms with Crippen molar-refractivity contribution in [2.45, 2.75) is 31.2 Å². The van der Waals surface area contributed by atoms with E-state index in [-0.39, 0.29) is 5.92 Å². The van der Waals surface area contributed by atoms with Gasteiger partial charge in [-0.05, 0) is 48.3 Å². The summed E-state index contributed by atoms with van der Waals surface area (Å²) in [5, 5.41) is 2.11. The van der Waals surface area contributed by atoms with Crippen molar-refractivity contribution in [3.8, 4) is 0 Å². The maximum Gasteiger partial charge on any atom is 0.226 e. The molecule has 1 aromatic carbocycles. The lowest BCUT2D eigenvalue weighted by Gasteiger charge is -2.24. The van der Waals surface area contributed by atoms with Crippen LogP contribution in [0.4, 0.5) is 0 Å². The van der Waals surface area contributed by atoms with Gasteiger partial charge in [0.1, 0.15) is 0 Å². The van der Waals surface area contributed by atoms with E-state index < -0.39 is 0 Å². The van der Waals surface area contributed by atoms with Gasteiger partial charge in [0.05, 0.1) is 6.04 Å². The normalized spacial score (nSPS) is 27.1. The third-order valence-corrected chi connectivity index (χ3v) is 6.52. The number of thiophene rings is 1. The number of hydrogen-bond donors (Lipinski definition) is 0. The highest BCUT2D eigenvalue weighted by Crippen LogP contribution is 2.52. The number of nitrogens with zero attached hydrogens (tertiary/aromatic N) is 1. The summed E-state index contributed by atoms with van der Waals surface area (Å²) in [7, 11) is 0. The van der Waals surface area contributed by atoms with E-state index in [4.69, 9.17) is 0 Å². The van der Waals surface area contributed by atoms with Crippen molar-refractivity contribution in [3.63, 3.8) is 0 Å². The van der Waals surface area contributed by atoms with E-state index >= 15 is 0 Å². The van der Waals surface area contributed by atoms with Crippen LogP contribution in [0, 0.1) is 5.92 Å². The first-order valence-corrected chi connectivity index (χ1v) is 9.51. The molecule has 3 atom stereocenters. The third kappa shape index (κ3) is 2.52. The highest BCUT2D eigenvalue weighted by molar-refractivity contribution is 9.10. The van der Waals surface area contributed by atoms with Crippen molar-refractivity contribution in [2.24, 2.45) is 5.92 Å². The van der Waals surface area contributed by atoms with Crippen molar-refractivity contribution in [1.82, 2.24) is 4.90 Å². The molecule has 4 rings (SSSR count). The summed E-state index contributed by atoms with van der Waals surface area (Å²) < 4.78 is 1.13. The summed E-state index contributed by atoms with van der Waals surface area (Å²) in [4.78, 5) is 16.4. The van der Waals surface area contributed by atoms with E-state index in [9.17, 15) is 4.79 Å². The summed E-state index contributed by atoms with van der Waals surface area (Å²) in [6.07, 6.45) is 3.23. The van der Waals surface area contributed by atoms with Crippen LogP contribution in [0.25, 0.3) is 0 Å². The van der Waals surface area contributed by atoms with Crippen molar-refractivity contribution in [3.05, 3.63) is 56.7 Å². The number of halogens is 1. The summed E-state index contributed by atoms with van der Waals surface area (Å²) in [5.74, 6) is 0.934. The molecule has 0 bridgehead atoms. The number of hydrogen-bond acceptors (Lipinski definition) is 2. The highest BCUT2D eigenvalue weighted by Gasteiger charge is 2.48. The molecule has 1 saturated carbocycles. The third-order valence-electron chi connectivity index (χ3n) is 4.82. The summed E-state index contributed by atoms with van der Waals surface area (Å²) >= 11 is 5.39. The number of benzene rings is 1. The van der Waals surface area contributed by atoms with Gasteiger partial charge in [-0.3, -0.25) is 4.79 Å². The Balaban J connectivity index is 1.50. The summed E-state index contributed by atoms with van der Waals surface area (Å²) in [6, 6.07) is 12.9. The summed E-state index contributed by atoms with van der Waals surface area (Å²) in [5.41, 5.74) is 1.28. The maximum atomic E-state index is 12.9. The van der Waals surface area contributed by atoms with Crippen LogP contribution in [0.3, 0.4) is 0 Å². The SMILES string of the molecule is O=C([C@@H]1C[C@@H]1c1ccccc1Br)N1CCC[C@@H]1c1cccs1. The Morgan fingerprint density at radius 3 is 2.86 bits per heavy atom. The van der Waals surface area contributed by atoms with Crippen molar-refractivity contribution in [2.75, 3.05) is 6.54 Å². The Labute approximate surface area is 143 Å². The lowest BCUT2D eigenvalue weighted by molar-refractivity contribution is -0.133. The largest absolute Gasteiger partial charge is 0.335 e. The minimum absolute atomic E-state index is 0.180. The van der Waals surface area contributed by atoms with Crippen LogP contribution in [0.2, 0.25) is 0 Å². The smallest absolute Gasteiger partial charge is 0.226 e. The fraction of sp³-hybridized carbons (Fsp3) is 0.389. The first-order valence-electron chi connectivity index (χ1n) is 7.84. The van der Waals surface area contributed by atoms with Crippen LogP contribution < -0.4 is 0 Å². The molecule has 0 unspecified atom stereocenters. The Kier molecular flexibility index (Phi) is 3.82. The zero-order valence-electron chi connectivity index (χ0n) is 12.2. The van der Waals surface area contributed by atoms with Gasteiger partial charge < -0.3 is 4.90 Å². The molecule has 0 N–H and O–H groups in total. The number of rotatable bonds is 3. The van der Waals surface area contributed by atoms with Crippen LogP contribution in [0.15, 0.2) is 46.3 Å². The van der Waals surface area contributed by atoms with E-state index in [0.29, 0.717) is 17.9 Å². The van der Waals surface area contributed by atoms with Gasteiger partial charge in [0, 0.05) is 21.8 Å². The summed E-state index contributed by atoms with van der Waals surface area (Å²) in [6.45, 7) is 0.917. The Morgan fingerprint density at radius 2 is 2.09 bits per heavy atom. The Bertz CT molecular complexity index is 684.